The molecule has 3 heteroatoms. The van der Waals surface area contributed by atoms with Crippen LogP contribution in [0.25, 0.3) is 0 Å². The van der Waals surface area contributed by atoms with Crippen LogP contribution in [0.15, 0.2) is 30.3 Å². The van der Waals surface area contributed by atoms with E-state index in [2.05, 4.69) is 22.9 Å². The molecule has 12 heavy (non-hydrogen) atoms. The van der Waals surface area contributed by atoms with Crippen molar-refractivity contribution >= 4 is 0 Å². The van der Waals surface area contributed by atoms with Crippen LogP contribution in [0.4, 0.5) is 0 Å². The Labute approximate surface area is 71.7 Å². The third-order valence-electron chi connectivity index (χ3n) is 1.90. The monoisotopic (exact) mass is 164 g/mol. The molecule has 1 aliphatic heterocycles. The van der Waals surface area contributed by atoms with E-state index in [1.807, 2.05) is 25.1 Å². The standard InChI is InChI=1S/C9H12N2O/c1-7-10-9(11-12-7)8-5-3-2-4-6-8/h2-7,9-11H,1H3. The summed E-state index contributed by atoms with van der Waals surface area (Å²) < 4.78 is 0. The van der Waals surface area contributed by atoms with Gasteiger partial charge in [-0.25, -0.2) is 0 Å². The predicted molar refractivity (Wildman–Crippen MR) is 46.0 cm³/mol. The number of hydrogen-bond donors (Lipinski definition) is 2. The van der Waals surface area contributed by atoms with E-state index in [1.165, 1.54) is 5.56 Å². The second-order valence-corrected chi connectivity index (χ2v) is 2.89. The van der Waals surface area contributed by atoms with Crippen LogP contribution in [0.5, 0.6) is 0 Å². The Morgan fingerprint density at radius 2 is 2.00 bits per heavy atom. The Bertz CT molecular complexity index is 250. The van der Waals surface area contributed by atoms with Crippen LogP contribution in [-0.2, 0) is 4.84 Å². The zero-order valence-corrected chi connectivity index (χ0v) is 6.95. The highest BCUT2D eigenvalue weighted by Gasteiger charge is 2.20. The summed E-state index contributed by atoms with van der Waals surface area (Å²) in [6, 6.07) is 10.2. The largest absolute Gasteiger partial charge is 0.281 e. The molecule has 1 aliphatic rings. The molecular formula is C9H12N2O. The van der Waals surface area contributed by atoms with Gasteiger partial charge in [0.15, 0.2) is 0 Å². The van der Waals surface area contributed by atoms with Gasteiger partial charge in [0.25, 0.3) is 0 Å². The second kappa shape index (κ2) is 3.23. The van der Waals surface area contributed by atoms with E-state index in [4.69, 9.17) is 4.84 Å². The van der Waals surface area contributed by atoms with Gasteiger partial charge >= 0.3 is 0 Å². The molecule has 0 radical (unpaired) electrons. The van der Waals surface area contributed by atoms with Gasteiger partial charge < -0.3 is 0 Å². The molecule has 2 rings (SSSR count). The van der Waals surface area contributed by atoms with Crippen molar-refractivity contribution in [2.24, 2.45) is 0 Å². The minimum atomic E-state index is 0.0789. The van der Waals surface area contributed by atoms with E-state index >= 15 is 0 Å². The van der Waals surface area contributed by atoms with E-state index in [1.54, 1.807) is 0 Å². The Morgan fingerprint density at radius 3 is 2.58 bits per heavy atom. The Balaban J connectivity index is 2.11. The number of rotatable bonds is 1. The summed E-state index contributed by atoms with van der Waals surface area (Å²) in [4.78, 5) is 5.16. The van der Waals surface area contributed by atoms with Gasteiger partial charge in [-0.2, -0.15) is 5.48 Å². The van der Waals surface area contributed by atoms with Crippen LogP contribution < -0.4 is 10.8 Å². The molecule has 2 N–H and O–H groups in total. The van der Waals surface area contributed by atoms with Crippen molar-refractivity contribution in [3.8, 4) is 0 Å². The van der Waals surface area contributed by atoms with Crippen molar-refractivity contribution in [1.82, 2.24) is 10.8 Å². The minimum Gasteiger partial charge on any atom is -0.281 e. The zero-order valence-electron chi connectivity index (χ0n) is 6.95. The predicted octanol–water partition coefficient (Wildman–Crippen LogP) is 1.16. The Kier molecular flexibility index (Phi) is 2.08. The molecule has 2 atom stereocenters. The first kappa shape index (κ1) is 7.73. The van der Waals surface area contributed by atoms with Crippen molar-refractivity contribution in [1.29, 1.82) is 0 Å². The maximum atomic E-state index is 5.16. The normalized spacial score (nSPS) is 29.1. The molecule has 1 aromatic rings. The Hall–Kier alpha value is -0.900. The van der Waals surface area contributed by atoms with E-state index in [0.29, 0.717) is 0 Å². The van der Waals surface area contributed by atoms with E-state index < -0.39 is 0 Å². The fourth-order valence-corrected chi connectivity index (χ4v) is 1.28. The smallest absolute Gasteiger partial charge is 0.128 e. The minimum absolute atomic E-state index is 0.0789. The van der Waals surface area contributed by atoms with Crippen molar-refractivity contribution in [3.05, 3.63) is 35.9 Å². The number of nitrogens with one attached hydrogen (secondary N) is 2. The highest BCUT2D eigenvalue weighted by molar-refractivity contribution is 5.18. The second-order valence-electron chi connectivity index (χ2n) is 2.89. The van der Waals surface area contributed by atoms with Gasteiger partial charge in [-0.05, 0) is 12.5 Å². The first-order valence-corrected chi connectivity index (χ1v) is 4.08. The van der Waals surface area contributed by atoms with E-state index in [9.17, 15) is 0 Å². The van der Waals surface area contributed by atoms with Crippen molar-refractivity contribution in [3.63, 3.8) is 0 Å². The summed E-state index contributed by atoms with van der Waals surface area (Å²) in [5.74, 6) is 0. The van der Waals surface area contributed by atoms with Gasteiger partial charge in [0.05, 0.1) is 0 Å². The summed E-state index contributed by atoms with van der Waals surface area (Å²) >= 11 is 0. The first-order valence-electron chi connectivity index (χ1n) is 4.08. The number of hydroxylamine groups is 1. The molecule has 1 fully saturated rings. The molecule has 0 saturated carbocycles. The van der Waals surface area contributed by atoms with Crippen LogP contribution >= 0.6 is 0 Å². The highest BCUT2D eigenvalue weighted by Crippen LogP contribution is 2.14. The molecule has 0 bridgehead atoms. The van der Waals surface area contributed by atoms with Crippen LogP contribution in [0.2, 0.25) is 0 Å². The van der Waals surface area contributed by atoms with Crippen molar-refractivity contribution in [2.75, 3.05) is 0 Å². The van der Waals surface area contributed by atoms with Crippen LogP contribution in [0.1, 0.15) is 18.7 Å². The third-order valence-corrected chi connectivity index (χ3v) is 1.90. The van der Waals surface area contributed by atoms with E-state index in [-0.39, 0.29) is 12.4 Å². The number of benzene rings is 1. The summed E-state index contributed by atoms with van der Waals surface area (Å²) in [6.07, 6.45) is 0.205. The molecular weight excluding hydrogens is 152 g/mol. The SMILES string of the molecule is CC1NC(c2ccccc2)NO1. The van der Waals surface area contributed by atoms with Crippen LogP contribution in [0, 0.1) is 0 Å². The first-order chi connectivity index (χ1) is 5.86. The summed E-state index contributed by atoms with van der Waals surface area (Å²) in [5, 5.41) is 3.24. The quantitative estimate of drug-likeness (QED) is 0.653. The molecule has 64 valence electrons. The van der Waals surface area contributed by atoms with Crippen LogP contribution in [-0.4, -0.2) is 6.23 Å². The lowest BCUT2D eigenvalue weighted by molar-refractivity contribution is 0.0329. The molecule has 3 nitrogen and oxygen atoms in total. The number of hydrogen-bond acceptors (Lipinski definition) is 3. The lowest BCUT2D eigenvalue weighted by Crippen LogP contribution is -2.23. The van der Waals surface area contributed by atoms with Gasteiger partial charge in [0.2, 0.25) is 0 Å². The molecule has 1 heterocycles. The Morgan fingerprint density at radius 1 is 1.25 bits per heavy atom. The molecule has 2 unspecified atom stereocenters. The topological polar surface area (TPSA) is 33.3 Å². The summed E-state index contributed by atoms with van der Waals surface area (Å²) in [5.41, 5.74) is 4.11. The molecule has 1 saturated heterocycles. The maximum absolute atomic E-state index is 5.16. The van der Waals surface area contributed by atoms with Crippen molar-refractivity contribution < 1.29 is 4.84 Å². The zero-order chi connectivity index (χ0) is 8.39. The summed E-state index contributed by atoms with van der Waals surface area (Å²) in [6.45, 7) is 1.97. The maximum Gasteiger partial charge on any atom is 0.128 e. The lowest BCUT2D eigenvalue weighted by atomic mass is 10.2. The molecule has 0 amide bonds. The fraction of sp³-hybridized carbons (Fsp3) is 0.333. The van der Waals surface area contributed by atoms with Gasteiger partial charge in [0, 0.05) is 0 Å². The fourth-order valence-electron chi connectivity index (χ4n) is 1.28. The molecule has 0 spiro atoms. The van der Waals surface area contributed by atoms with Crippen molar-refractivity contribution in [2.45, 2.75) is 19.3 Å². The molecule has 0 aromatic heterocycles. The highest BCUT2D eigenvalue weighted by atomic mass is 16.7. The molecule has 1 aromatic carbocycles. The van der Waals surface area contributed by atoms with E-state index in [0.717, 1.165) is 0 Å². The lowest BCUT2D eigenvalue weighted by Gasteiger charge is -2.08. The third kappa shape index (κ3) is 1.48. The average molecular weight is 164 g/mol. The van der Waals surface area contributed by atoms with Gasteiger partial charge in [-0.3, -0.25) is 10.2 Å². The van der Waals surface area contributed by atoms with Gasteiger partial charge in [-0.15, -0.1) is 0 Å². The average Bonchev–Trinajstić information content (AvgIpc) is 2.54. The van der Waals surface area contributed by atoms with Crippen LogP contribution in [0.3, 0.4) is 0 Å². The molecule has 0 aliphatic carbocycles. The van der Waals surface area contributed by atoms with Gasteiger partial charge in [-0.1, -0.05) is 30.3 Å². The van der Waals surface area contributed by atoms with Gasteiger partial charge in [0.1, 0.15) is 12.4 Å². The summed E-state index contributed by atoms with van der Waals surface area (Å²) in [7, 11) is 0.